The molecule has 2 fully saturated rings. The minimum absolute atomic E-state index is 0.0296. The van der Waals surface area contributed by atoms with Gasteiger partial charge in [-0.3, -0.25) is 14.2 Å². The number of hydrogen-bond acceptors (Lipinski definition) is 4. The molecular formula is C15H15N3O2S. The Morgan fingerprint density at radius 3 is 3.00 bits per heavy atom. The molecular weight excluding hydrogens is 286 g/mol. The van der Waals surface area contributed by atoms with Crippen molar-refractivity contribution in [3.63, 3.8) is 0 Å². The van der Waals surface area contributed by atoms with Crippen LogP contribution in [0, 0.1) is 0 Å². The molecule has 0 spiro atoms. The van der Waals surface area contributed by atoms with Crippen molar-refractivity contribution >= 4 is 28.6 Å². The summed E-state index contributed by atoms with van der Waals surface area (Å²) in [4.78, 5) is 31.0. The molecule has 2 aliphatic heterocycles. The fourth-order valence-corrected chi connectivity index (χ4v) is 4.59. The third-order valence-corrected chi connectivity index (χ3v) is 5.65. The number of hydrogen-bond donors (Lipinski definition) is 0. The normalized spacial score (nSPS) is 23.9. The van der Waals surface area contributed by atoms with E-state index in [-0.39, 0.29) is 18.0 Å². The fourth-order valence-electron chi connectivity index (χ4n) is 3.16. The molecule has 4 rings (SSSR count). The molecule has 0 N–H and O–H groups in total. The van der Waals surface area contributed by atoms with E-state index in [2.05, 4.69) is 4.98 Å². The van der Waals surface area contributed by atoms with Crippen LogP contribution < -0.4 is 5.56 Å². The summed E-state index contributed by atoms with van der Waals surface area (Å²) in [6, 6.07) is 7.58. The topological polar surface area (TPSA) is 55.2 Å². The Kier molecular flexibility index (Phi) is 2.99. The van der Waals surface area contributed by atoms with Gasteiger partial charge in [-0.15, -0.1) is 0 Å². The first-order valence-electron chi connectivity index (χ1n) is 7.07. The molecule has 2 atom stereocenters. The van der Waals surface area contributed by atoms with E-state index >= 15 is 0 Å². The third kappa shape index (κ3) is 2.14. The van der Waals surface area contributed by atoms with Gasteiger partial charge in [0, 0.05) is 23.6 Å². The van der Waals surface area contributed by atoms with Crippen molar-refractivity contribution in [2.75, 3.05) is 12.3 Å². The highest BCUT2D eigenvalue weighted by atomic mass is 32.2. The van der Waals surface area contributed by atoms with Crippen molar-refractivity contribution < 1.29 is 4.79 Å². The van der Waals surface area contributed by atoms with Gasteiger partial charge in [-0.05, 0) is 18.6 Å². The predicted molar refractivity (Wildman–Crippen MR) is 82.4 cm³/mol. The number of rotatable bonds is 2. The quantitative estimate of drug-likeness (QED) is 0.834. The summed E-state index contributed by atoms with van der Waals surface area (Å²) in [5.41, 5.74) is 0.524. The summed E-state index contributed by atoms with van der Waals surface area (Å²) in [7, 11) is 0. The highest BCUT2D eigenvalue weighted by Gasteiger charge is 2.40. The van der Waals surface area contributed by atoms with Crippen LogP contribution in [0.1, 0.15) is 6.42 Å². The largest absolute Gasteiger partial charge is 0.336 e. The van der Waals surface area contributed by atoms with E-state index in [4.69, 9.17) is 0 Å². The van der Waals surface area contributed by atoms with Crippen LogP contribution >= 0.6 is 11.8 Å². The molecule has 3 heterocycles. The first-order chi connectivity index (χ1) is 10.2. The van der Waals surface area contributed by atoms with E-state index in [1.54, 1.807) is 12.1 Å². The van der Waals surface area contributed by atoms with Crippen molar-refractivity contribution in [2.45, 2.75) is 24.3 Å². The van der Waals surface area contributed by atoms with E-state index in [1.807, 2.05) is 28.8 Å². The van der Waals surface area contributed by atoms with Crippen molar-refractivity contribution in [1.29, 1.82) is 0 Å². The first-order valence-corrected chi connectivity index (χ1v) is 8.12. The monoisotopic (exact) mass is 301 g/mol. The van der Waals surface area contributed by atoms with Gasteiger partial charge >= 0.3 is 0 Å². The summed E-state index contributed by atoms with van der Waals surface area (Å²) in [5, 5.41) is 1.15. The van der Waals surface area contributed by atoms with Crippen LogP contribution in [0.25, 0.3) is 10.9 Å². The Balaban J connectivity index is 1.61. The molecule has 2 bridgehead atoms. The van der Waals surface area contributed by atoms with Crippen LogP contribution in [0.3, 0.4) is 0 Å². The molecule has 1 aromatic carbocycles. The number of aromatic nitrogens is 2. The molecule has 0 aliphatic carbocycles. The van der Waals surface area contributed by atoms with Crippen molar-refractivity contribution in [2.24, 2.45) is 0 Å². The van der Waals surface area contributed by atoms with Gasteiger partial charge < -0.3 is 4.90 Å². The number of amides is 1. The number of fused-ring (bicyclic) bond motifs is 3. The number of para-hydroxylation sites is 1. The summed E-state index contributed by atoms with van der Waals surface area (Å²) >= 11 is 1.95. The van der Waals surface area contributed by atoms with Gasteiger partial charge in [0.1, 0.15) is 6.54 Å². The van der Waals surface area contributed by atoms with E-state index < -0.39 is 0 Å². The Bertz CT molecular complexity index is 773. The minimum Gasteiger partial charge on any atom is -0.336 e. The number of carbonyl (C=O) groups is 1. The smallest absolute Gasteiger partial charge is 0.261 e. The maximum absolute atomic E-state index is 12.4. The number of thioether (sulfide) groups is 1. The van der Waals surface area contributed by atoms with Crippen molar-refractivity contribution in [3.8, 4) is 0 Å². The van der Waals surface area contributed by atoms with Crippen molar-refractivity contribution in [1.82, 2.24) is 14.5 Å². The molecule has 2 aliphatic rings. The Morgan fingerprint density at radius 1 is 1.38 bits per heavy atom. The van der Waals surface area contributed by atoms with E-state index in [1.165, 1.54) is 10.9 Å². The standard InChI is InChI=1S/C15H15N3O2S/c19-14(18-6-11-5-10(18)8-21-11)7-17-9-16-13-4-2-1-3-12(13)15(17)20/h1-4,9-11H,5-8H2. The van der Waals surface area contributed by atoms with Crippen LogP contribution in [-0.2, 0) is 11.3 Å². The van der Waals surface area contributed by atoms with Gasteiger partial charge in [0.25, 0.3) is 5.56 Å². The molecule has 1 amide bonds. The second kappa shape index (κ2) is 4.87. The minimum atomic E-state index is -0.146. The molecule has 2 aromatic rings. The zero-order valence-electron chi connectivity index (χ0n) is 11.4. The molecule has 1 aromatic heterocycles. The lowest BCUT2D eigenvalue weighted by Gasteiger charge is -2.26. The van der Waals surface area contributed by atoms with Gasteiger partial charge in [0.2, 0.25) is 5.91 Å². The molecule has 0 radical (unpaired) electrons. The molecule has 2 saturated heterocycles. The molecule has 108 valence electrons. The number of carbonyl (C=O) groups excluding carboxylic acids is 1. The summed E-state index contributed by atoms with van der Waals surface area (Å²) in [5.74, 6) is 1.06. The van der Waals surface area contributed by atoms with Crippen LogP contribution in [0.2, 0.25) is 0 Å². The maximum atomic E-state index is 12.4. The van der Waals surface area contributed by atoms with Gasteiger partial charge in [-0.2, -0.15) is 11.8 Å². The van der Waals surface area contributed by atoms with Gasteiger partial charge in [-0.1, -0.05) is 12.1 Å². The number of nitrogens with zero attached hydrogens (tertiary/aromatic N) is 3. The number of likely N-dealkylation sites (tertiary alicyclic amines) is 1. The summed E-state index contributed by atoms with van der Waals surface area (Å²) in [6.07, 6.45) is 2.58. The van der Waals surface area contributed by atoms with Gasteiger partial charge in [0.05, 0.1) is 17.2 Å². The summed E-state index contributed by atoms with van der Waals surface area (Å²) in [6.45, 7) is 0.911. The van der Waals surface area contributed by atoms with Crippen LogP contribution in [0.4, 0.5) is 0 Å². The van der Waals surface area contributed by atoms with Crippen LogP contribution in [0.5, 0.6) is 0 Å². The lowest BCUT2D eigenvalue weighted by molar-refractivity contribution is -0.132. The van der Waals surface area contributed by atoms with Crippen LogP contribution in [-0.4, -0.2) is 43.9 Å². The van der Waals surface area contributed by atoms with E-state index in [9.17, 15) is 9.59 Å². The average molecular weight is 301 g/mol. The Hall–Kier alpha value is -1.82. The molecule has 0 saturated carbocycles. The second-order valence-corrected chi connectivity index (χ2v) is 6.92. The SMILES string of the molecule is O=C(Cn1cnc2ccccc2c1=O)N1CC2CC1CS2. The molecule has 5 nitrogen and oxygen atoms in total. The average Bonchev–Trinajstić information content (AvgIpc) is 3.13. The molecule has 21 heavy (non-hydrogen) atoms. The Labute approximate surface area is 126 Å². The first kappa shape index (κ1) is 12.9. The van der Waals surface area contributed by atoms with Gasteiger partial charge in [0.15, 0.2) is 0 Å². The summed E-state index contributed by atoms with van der Waals surface area (Å²) < 4.78 is 1.42. The number of benzene rings is 1. The lowest BCUT2D eigenvalue weighted by atomic mass is 10.2. The highest BCUT2D eigenvalue weighted by Crippen LogP contribution is 2.37. The fraction of sp³-hybridized carbons (Fsp3) is 0.400. The molecule has 2 unspecified atom stereocenters. The van der Waals surface area contributed by atoms with Crippen molar-refractivity contribution in [3.05, 3.63) is 40.9 Å². The third-order valence-electron chi connectivity index (χ3n) is 4.26. The van der Waals surface area contributed by atoms with E-state index in [0.717, 1.165) is 18.7 Å². The second-order valence-electron chi connectivity index (χ2n) is 5.59. The van der Waals surface area contributed by atoms with E-state index in [0.29, 0.717) is 22.2 Å². The zero-order valence-corrected chi connectivity index (χ0v) is 12.3. The lowest BCUT2D eigenvalue weighted by Crippen LogP contribution is -2.42. The van der Waals surface area contributed by atoms with Crippen LogP contribution in [0.15, 0.2) is 35.4 Å². The highest BCUT2D eigenvalue weighted by molar-refractivity contribution is 8.00. The maximum Gasteiger partial charge on any atom is 0.261 e. The zero-order chi connectivity index (χ0) is 14.4. The Morgan fingerprint density at radius 2 is 2.24 bits per heavy atom. The molecule has 6 heteroatoms. The van der Waals surface area contributed by atoms with Gasteiger partial charge in [-0.25, -0.2) is 4.98 Å². The predicted octanol–water partition coefficient (Wildman–Crippen LogP) is 1.11.